The minimum Gasteiger partial charge on any atom is -0.462 e. The third-order valence-electron chi connectivity index (χ3n) is 6.29. The van der Waals surface area contributed by atoms with E-state index in [0.29, 0.717) is 28.1 Å². The first-order chi connectivity index (χ1) is 16.5. The Morgan fingerprint density at radius 1 is 1.12 bits per heavy atom. The minimum absolute atomic E-state index is 0.278. The molecule has 2 heterocycles. The van der Waals surface area contributed by atoms with Crippen LogP contribution in [0.2, 0.25) is 0 Å². The molecule has 1 unspecified atom stereocenters. The Hall–Kier alpha value is -3.45. The Labute approximate surface area is 201 Å². The summed E-state index contributed by atoms with van der Waals surface area (Å²) in [4.78, 5) is 39.6. The number of hydrogen-bond donors (Lipinski definition) is 1. The van der Waals surface area contributed by atoms with Crippen LogP contribution in [0.15, 0.2) is 48.5 Å². The van der Waals surface area contributed by atoms with E-state index in [1.54, 1.807) is 25.1 Å². The van der Waals surface area contributed by atoms with Crippen molar-refractivity contribution in [3.63, 3.8) is 0 Å². The van der Waals surface area contributed by atoms with Crippen LogP contribution in [0.1, 0.15) is 78.5 Å². The van der Waals surface area contributed by atoms with E-state index in [9.17, 15) is 14.4 Å². The number of amides is 1. The van der Waals surface area contributed by atoms with Crippen molar-refractivity contribution in [1.82, 2.24) is 0 Å². The SMILES string of the molecule is CCOC(=O)c1c(NC(=O)c2ccc3c(c2)CC(c2ccccc2)OC3=O)sc2c1CCCC2. The molecule has 0 spiro atoms. The van der Waals surface area contributed by atoms with Crippen molar-refractivity contribution in [3.8, 4) is 0 Å². The lowest BCUT2D eigenvalue weighted by Gasteiger charge is -2.25. The van der Waals surface area contributed by atoms with Crippen molar-refractivity contribution in [3.05, 3.63) is 86.8 Å². The molecule has 1 amide bonds. The molecule has 1 aliphatic carbocycles. The molecule has 0 fully saturated rings. The van der Waals surface area contributed by atoms with Crippen LogP contribution in [-0.4, -0.2) is 24.5 Å². The first kappa shape index (κ1) is 22.3. The molecule has 0 saturated heterocycles. The van der Waals surface area contributed by atoms with Crippen LogP contribution in [0.5, 0.6) is 0 Å². The topological polar surface area (TPSA) is 81.7 Å². The van der Waals surface area contributed by atoms with Gasteiger partial charge in [-0.2, -0.15) is 0 Å². The number of benzene rings is 2. The number of nitrogens with one attached hydrogen (secondary N) is 1. The highest BCUT2D eigenvalue weighted by Crippen LogP contribution is 2.39. The summed E-state index contributed by atoms with van der Waals surface area (Å²) < 4.78 is 10.9. The van der Waals surface area contributed by atoms with Crippen LogP contribution >= 0.6 is 11.3 Å². The van der Waals surface area contributed by atoms with Gasteiger partial charge in [-0.25, -0.2) is 9.59 Å². The molecule has 5 rings (SSSR count). The van der Waals surface area contributed by atoms with Gasteiger partial charge in [-0.05, 0) is 67.5 Å². The summed E-state index contributed by atoms with van der Waals surface area (Å²) in [5, 5.41) is 3.48. The second kappa shape index (κ2) is 9.43. The van der Waals surface area contributed by atoms with Crippen LogP contribution in [0.3, 0.4) is 0 Å². The van der Waals surface area contributed by atoms with Crippen molar-refractivity contribution in [1.29, 1.82) is 0 Å². The predicted octanol–water partition coefficient (Wildman–Crippen LogP) is 5.51. The summed E-state index contributed by atoms with van der Waals surface area (Å²) in [6.45, 7) is 2.05. The fourth-order valence-electron chi connectivity index (χ4n) is 4.64. The van der Waals surface area contributed by atoms with E-state index in [0.717, 1.165) is 47.3 Å². The first-order valence-corrected chi connectivity index (χ1v) is 12.4. The van der Waals surface area contributed by atoms with Crippen molar-refractivity contribution in [2.24, 2.45) is 0 Å². The molecule has 174 valence electrons. The summed E-state index contributed by atoms with van der Waals surface area (Å²) in [6.07, 6.45) is 3.92. The Balaban J connectivity index is 1.42. The maximum Gasteiger partial charge on any atom is 0.341 e. The minimum atomic E-state index is -0.393. The predicted molar refractivity (Wildman–Crippen MR) is 130 cm³/mol. The monoisotopic (exact) mass is 475 g/mol. The van der Waals surface area contributed by atoms with E-state index in [1.165, 1.54) is 11.3 Å². The maximum atomic E-state index is 13.2. The molecule has 2 aromatic carbocycles. The van der Waals surface area contributed by atoms with E-state index >= 15 is 0 Å². The summed E-state index contributed by atoms with van der Waals surface area (Å²) in [5.41, 5.74) is 4.09. The molecule has 1 atom stereocenters. The number of cyclic esters (lactones) is 1. The Morgan fingerprint density at radius 3 is 2.71 bits per heavy atom. The molecule has 0 saturated carbocycles. The Morgan fingerprint density at radius 2 is 1.91 bits per heavy atom. The molecule has 1 aliphatic heterocycles. The average molecular weight is 476 g/mol. The maximum absolute atomic E-state index is 13.2. The fourth-order valence-corrected chi connectivity index (χ4v) is 5.91. The Kier molecular flexibility index (Phi) is 6.20. The van der Waals surface area contributed by atoms with Gasteiger partial charge in [0.1, 0.15) is 11.1 Å². The number of carbonyl (C=O) groups excluding carboxylic acids is 3. The summed E-state index contributed by atoms with van der Waals surface area (Å²) in [5.74, 6) is -1.10. The summed E-state index contributed by atoms with van der Waals surface area (Å²) in [6, 6.07) is 14.6. The number of aryl methyl sites for hydroxylation is 1. The van der Waals surface area contributed by atoms with Crippen molar-refractivity contribution in [2.75, 3.05) is 11.9 Å². The number of anilines is 1. The number of esters is 2. The first-order valence-electron chi connectivity index (χ1n) is 11.6. The van der Waals surface area contributed by atoms with Gasteiger partial charge >= 0.3 is 11.9 Å². The van der Waals surface area contributed by atoms with Crippen molar-refractivity contribution in [2.45, 2.75) is 45.1 Å². The Bertz CT molecular complexity index is 1260. The number of ether oxygens (including phenoxy) is 2. The van der Waals surface area contributed by atoms with Crippen LogP contribution in [0, 0.1) is 0 Å². The van der Waals surface area contributed by atoms with Gasteiger partial charge in [0.25, 0.3) is 5.91 Å². The standard InChI is InChI=1S/C27H25NO5S/c1-2-32-27(31)23-20-10-6-7-11-22(20)34-25(23)28-24(29)17-12-13-19-18(14-17)15-21(33-26(19)30)16-8-4-3-5-9-16/h3-5,8-9,12-14,21H,2,6-7,10-11,15H2,1H3,(H,28,29). The summed E-state index contributed by atoms with van der Waals surface area (Å²) >= 11 is 1.46. The highest BCUT2D eigenvalue weighted by atomic mass is 32.1. The highest BCUT2D eigenvalue weighted by Gasteiger charge is 2.30. The van der Waals surface area contributed by atoms with Gasteiger partial charge in [0, 0.05) is 16.9 Å². The van der Waals surface area contributed by atoms with Gasteiger partial charge < -0.3 is 14.8 Å². The smallest absolute Gasteiger partial charge is 0.341 e. The zero-order chi connectivity index (χ0) is 23.7. The lowest BCUT2D eigenvalue weighted by Crippen LogP contribution is -2.23. The van der Waals surface area contributed by atoms with Crippen LogP contribution in [0.4, 0.5) is 5.00 Å². The van der Waals surface area contributed by atoms with Gasteiger partial charge in [0.15, 0.2) is 0 Å². The van der Waals surface area contributed by atoms with Gasteiger partial charge in [-0.3, -0.25) is 4.79 Å². The largest absolute Gasteiger partial charge is 0.462 e. The average Bonchev–Trinajstić information content (AvgIpc) is 3.22. The third kappa shape index (κ3) is 4.23. The summed E-state index contributed by atoms with van der Waals surface area (Å²) in [7, 11) is 0. The molecular weight excluding hydrogens is 450 g/mol. The van der Waals surface area contributed by atoms with E-state index in [-0.39, 0.29) is 18.6 Å². The molecule has 2 aliphatic rings. The highest BCUT2D eigenvalue weighted by molar-refractivity contribution is 7.17. The van der Waals surface area contributed by atoms with Crippen molar-refractivity contribution < 1.29 is 23.9 Å². The number of fused-ring (bicyclic) bond motifs is 2. The second-order valence-corrected chi connectivity index (χ2v) is 9.58. The molecule has 6 nitrogen and oxygen atoms in total. The number of hydrogen-bond acceptors (Lipinski definition) is 6. The van der Waals surface area contributed by atoms with Crippen molar-refractivity contribution >= 4 is 34.2 Å². The van der Waals surface area contributed by atoms with E-state index in [2.05, 4.69) is 5.32 Å². The normalized spacial score (nSPS) is 16.7. The zero-order valence-corrected chi connectivity index (χ0v) is 19.7. The quantitative estimate of drug-likeness (QED) is 0.492. The molecule has 7 heteroatoms. The molecule has 0 bridgehead atoms. The molecule has 3 aromatic rings. The van der Waals surface area contributed by atoms with Crippen LogP contribution in [-0.2, 0) is 28.7 Å². The molecular formula is C27H25NO5S. The van der Waals surface area contributed by atoms with Gasteiger partial charge in [-0.15, -0.1) is 11.3 Å². The molecule has 34 heavy (non-hydrogen) atoms. The zero-order valence-electron chi connectivity index (χ0n) is 18.9. The number of rotatable bonds is 5. The lowest BCUT2D eigenvalue weighted by atomic mass is 9.93. The number of carbonyl (C=O) groups is 3. The number of thiophene rings is 1. The third-order valence-corrected chi connectivity index (χ3v) is 7.50. The van der Waals surface area contributed by atoms with Crippen LogP contribution < -0.4 is 5.32 Å². The molecule has 1 N–H and O–H groups in total. The molecule has 1 aromatic heterocycles. The van der Waals surface area contributed by atoms with Gasteiger partial charge in [0.05, 0.1) is 17.7 Å². The van der Waals surface area contributed by atoms with E-state index in [4.69, 9.17) is 9.47 Å². The second-order valence-electron chi connectivity index (χ2n) is 8.47. The lowest BCUT2D eigenvalue weighted by molar-refractivity contribution is 0.0252. The van der Waals surface area contributed by atoms with Gasteiger partial charge in [0.2, 0.25) is 0 Å². The van der Waals surface area contributed by atoms with Gasteiger partial charge in [-0.1, -0.05) is 30.3 Å². The fraction of sp³-hybridized carbons (Fsp3) is 0.296. The van der Waals surface area contributed by atoms with E-state index in [1.807, 2.05) is 30.3 Å². The van der Waals surface area contributed by atoms with E-state index < -0.39 is 11.9 Å². The van der Waals surface area contributed by atoms with Crippen LogP contribution in [0.25, 0.3) is 0 Å². The molecule has 0 radical (unpaired) electrons.